The Labute approximate surface area is 65.3 Å². The van der Waals surface area contributed by atoms with E-state index in [9.17, 15) is 0 Å². The molecule has 1 aromatic heterocycles. The third-order valence-electron chi connectivity index (χ3n) is 1.68. The fourth-order valence-corrected chi connectivity index (χ4v) is 0.832. The second kappa shape index (κ2) is 2.74. The summed E-state index contributed by atoms with van der Waals surface area (Å²) in [5.41, 5.74) is 1.69. The first-order chi connectivity index (χ1) is 5.16. The van der Waals surface area contributed by atoms with Gasteiger partial charge < -0.3 is 4.74 Å². The Kier molecular flexibility index (Phi) is 1.94. The van der Waals surface area contributed by atoms with Gasteiger partial charge in [-0.1, -0.05) is 0 Å². The molecule has 0 fully saturated rings. The summed E-state index contributed by atoms with van der Waals surface area (Å²) in [4.78, 5) is 0. The molecule has 1 rings (SSSR count). The summed E-state index contributed by atoms with van der Waals surface area (Å²) in [5, 5.41) is 11.3. The molecule has 0 aliphatic heterocycles. The Bertz CT molecular complexity index is 277. The van der Waals surface area contributed by atoms with Crippen molar-refractivity contribution in [1.29, 1.82) is 5.41 Å². The molecule has 1 aromatic rings. The molecule has 0 saturated heterocycles. The van der Waals surface area contributed by atoms with Gasteiger partial charge in [0.05, 0.1) is 18.9 Å². The van der Waals surface area contributed by atoms with Gasteiger partial charge in [-0.3, -0.25) is 10.1 Å². The third-order valence-corrected chi connectivity index (χ3v) is 1.68. The lowest BCUT2D eigenvalue weighted by atomic mass is 10.2. The third kappa shape index (κ3) is 1.24. The summed E-state index contributed by atoms with van der Waals surface area (Å²) in [6.07, 6.45) is 1.63. The van der Waals surface area contributed by atoms with Gasteiger partial charge in [-0.2, -0.15) is 5.10 Å². The van der Waals surface area contributed by atoms with Gasteiger partial charge >= 0.3 is 0 Å². The molecule has 0 saturated carbocycles. The van der Waals surface area contributed by atoms with Crippen molar-refractivity contribution >= 4 is 5.90 Å². The van der Waals surface area contributed by atoms with Gasteiger partial charge in [0.2, 0.25) is 5.90 Å². The van der Waals surface area contributed by atoms with Crippen molar-refractivity contribution in [1.82, 2.24) is 9.78 Å². The van der Waals surface area contributed by atoms with Crippen LogP contribution in [0.15, 0.2) is 6.20 Å². The highest BCUT2D eigenvalue weighted by Crippen LogP contribution is 2.05. The first kappa shape index (κ1) is 7.78. The highest BCUT2D eigenvalue weighted by atomic mass is 16.5. The molecule has 4 heteroatoms. The van der Waals surface area contributed by atoms with Crippen LogP contribution in [0.5, 0.6) is 0 Å². The first-order valence-corrected chi connectivity index (χ1v) is 3.28. The average molecular weight is 153 g/mol. The minimum atomic E-state index is 0.163. The first-order valence-electron chi connectivity index (χ1n) is 3.28. The van der Waals surface area contributed by atoms with Crippen molar-refractivity contribution in [3.63, 3.8) is 0 Å². The number of nitrogens with zero attached hydrogens (tertiary/aromatic N) is 2. The summed E-state index contributed by atoms with van der Waals surface area (Å²) in [7, 11) is 3.32. The van der Waals surface area contributed by atoms with Crippen molar-refractivity contribution in [3.8, 4) is 0 Å². The maximum Gasteiger partial charge on any atom is 0.216 e. The Morgan fingerprint density at radius 1 is 1.73 bits per heavy atom. The normalized spacial score (nSPS) is 9.73. The number of methoxy groups -OCH3 is 1. The number of hydrogen-bond donors (Lipinski definition) is 1. The summed E-state index contributed by atoms with van der Waals surface area (Å²) in [5.74, 6) is 0.163. The molecule has 4 nitrogen and oxygen atoms in total. The lowest BCUT2D eigenvalue weighted by Crippen LogP contribution is -2.03. The van der Waals surface area contributed by atoms with Gasteiger partial charge in [-0.15, -0.1) is 0 Å². The number of aryl methyl sites for hydroxylation is 1. The van der Waals surface area contributed by atoms with E-state index in [0.717, 1.165) is 11.3 Å². The van der Waals surface area contributed by atoms with E-state index in [1.54, 1.807) is 10.9 Å². The molecule has 11 heavy (non-hydrogen) atoms. The molecule has 0 bridgehead atoms. The Hall–Kier alpha value is -1.32. The molecule has 0 atom stereocenters. The lowest BCUT2D eigenvalue weighted by Gasteiger charge is -1.99. The molecule has 0 unspecified atom stereocenters. The van der Waals surface area contributed by atoms with E-state index in [0.29, 0.717) is 0 Å². The van der Waals surface area contributed by atoms with Crippen molar-refractivity contribution in [2.75, 3.05) is 7.11 Å². The predicted molar refractivity (Wildman–Crippen MR) is 41.8 cm³/mol. The molecule has 1 N–H and O–H groups in total. The average Bonchev–Trinajstić information content (AvgIpc) is 2.32. The Morgan fingerprint density at radius 3 is 2.73 bits per heavy atom. The quantitative estimate of drug-likeness (QED) is 0.477. The predicted octanol–water partition coefficient (Wildman–Crippen LogP) is 0.700. The van der Waals surface area contributed by atoms with E-state index in [1.807, 2.05) is 14.0 Å². The summed E-state index contributed by atoms with van der Waals surface area (Å²) in [6.45, 7) is 1.90. The fourth-order valence-electron chi connectivity index (χ4n) is 0.832. The van der Waals surface area contributed by atoms with Crippen LogP contribution in [0.1, 0.15) is 11.3 Å². The minimum absolute atomic E-state index is 0.163. The summed E-state index contributed by atoms with van der Waals surface area (Å²) >= 11 is 0. The van der Waals surface area contributed by atoms with E-state index in [1.165, 1.54) is 7.11 Å². The topological polar surface area (TPSA) is 50.9 Å². The largest absolute Gasteiger partial charge is 0.481 e. The van der Waals surface area contributed by atoms with Gasteiger partial charge in [0, 0.05) is 12.7 Å². The van der Waals surface area contributed by atoms with Gasteiger partial charge in [-0.25, -0.2) is 0 Å². The van der Waals surface area contributed by atoms with Crippen LogP contribution in [0.2, 0.25) is 0 Å². The standard InChI is InChI=1S/C7H11N3O/c1-5-6(7(8)11-3)4-9-10(5)2/h4,8H,1-3H3. The molecule has 0 aromatic carbocycles. The van der Waals surface area contributed by atoms with Crippen LogP contribution in [0.25, 0.3) is 0 Å². The molecular weight excluding hydrogens is 142 g/mol. The Balaban J connectivity index is 3.04. The van der Waals surface area contributed by atoms with Crippen LogP contribution in [0.4, 0.5) is 0 Å². The number of nitrogens with one attached hydrogen (secondary N) is 1. The molecular formula is C7H11N3O. The van der Waals surface area contributed by atoms with E-state index in [4.69, 9.17) is 10.1 Å². The maximum absolute atomic E-state index is 7.36. The minimum Gasteiger partial charge on any atom is -0.481 e. The molecule has 0 radical (unpaired) electrons. The van der Waals surface area contributed by atoms with Crippen molar-refractivity contribution in [2.45, 2.75) is 6.92 Å². The molecule has 0 aliphatic rings. The number of rotatable bonds is 1. The van der Waals surface area contributed by atoms with Crippen LogP contribution in [0, 0.1) is 12.3 Å². The van der Waals surface area contributed by atoms with E-state index in [-0.39, 0.29) is 5.90 Å². The maximum atomic E-state index is 7.36. The monoisotopic (exact) mass is 153 g/mol. The number of hydrogen-bond acceptors (Lipinski definition) is 3. The van der Waals surface area contributed by atoms with Crippen molar-refractivity contribution in [3.05, 3.63) is 17.5 Å². The number of ether oxygens (including phenoxy) is 1. The molecule has 60 valence electrons. The van der Waals surface area contributed by atoms with Gasteiger partial charge in [0.25, 0.3) is 0 Å². The van der Waals surface area contributed by atoms with Crippen LogP contribution < -0.4 is 0 Å². The second-order valence-electron chi connectivity index (χ2n) is 2.30. The smallest absolute Gasteiger partial charge is 0.216 e. The number of aromatic nitrogens is 2. The zero-order valence-electron chi connectivity index (χ0n) is 6.88. The van der Waals surface area contributed by atoms with E-state index >= 15 is 0 Å². The zero-order chi connectivity index (χ0) is 8.43. The highest BCUT2D eigenvalue weighted by Gasteiger charge is 2.08. The van der Waals surface area contributed by atoms with E-state index in [2.05, 4.69) is 5.10 Å². The molecule has 0 aliphatic carbocycles. The SMILES string of the molecule is COC(=N)c1cnn(C)c1C. The van der Waals surface area contributed by atoms with Gasteiger partial charge in [-0.05, 0) is 6.92 Å². The van der Waals surface area contributed by atoms with Crippen LogP contribution in [-0.2, 0) is 11.8 Å². The van der Waals surface area contributed by atoms with Crippen LogP contribution >= 0.6 is 0 Å². The van der Waals surface area contributed by atoms with E-state index < -0.39 is 0 Å². The molecule has 0 amide bonds. The Morgan fingerprint density at radius 2 is 2.36 bits per heavy atom. The second-order valence-corrected chi connectivity index (χ2v) is 2.30. The van der Waals surface area contributed by atoms with Crippen LogP contribution in [0.3, 0.4) is 0 Å². The summed E-state index contributed by atoms with van der Waals surface area (Å²) in [6, 6.07) is 0. The lowest BCUT2D eigenvalue weighted by molar-refractivity contribution is 0.401. The summed E-state index contributed by atoms with van der Waals surface area (Å²) < 4.78 is 6.47. The fraction of sp³-hybridized carbons (Fsp3) is 0.429. The molecule has 0 spiro atoms. The van der Waals surface area contributed by atoms with Gasteiger partial charge in [0.15, 0.2) is 0 Å². The zero-order valence-corrected chi connectivity index (χ0v) is 6.88. The van der Waals surface area contributed by atoms with Crippen molar-refractivity contribution in [2.24, 2.45) is 7.05 Å². The van der Waals surface area contributed by atoms with Crippen molar-refractivity contribution < 1.29 is 4.74 Å². The molecule has 1 heterocycles. The van der Waals surface area contributed by atoms with Crippen LogP contribution in [-0.4, -0.2) is 22.8 Å². The highest BCUT2D eigenvalue weighted by molar-refractivity contribution is 5.92. The van der Waals surface area contributed by atoms with Gasteiger partial charge in [0.1, 0.15) is 0 Å².